The number of ketones is 1. The number of rotatable bonds is 3. The summed E-state index contributed by atoms with van der Waals surface area (Å²) in [6.45, 7) is 1.60. The Labute approximate surface area is 53.7 Å². The molecule has 0 amide bonds. The van der Waals surface area contributed by atoms with Crippen LogP contribution in [0.15, 0.2) is 0 Å². The fourth-order valence-corrected chi connectivity index (χ4v) is 1.17. The second-order valence-electron chi connectivity index (χ2n) is 1.84. The summed E-state index contributed by atoms with van der Waals surface area (Å²) in [4.78, 5) is 35.4. The molecular weight excluding hydrogens is 143 g/mol. The molecule has 0 aliphatic rings. The van der Waals surface area contributed by atoms with E-state index >= 15 is 0 Å². The second kappa shape index (κ2) is 3.22. The van der Waals surface area contributed by atoms with Crippen LogP contribution in [0, 0.1) is 0 Å². The van der Waals surface area contributed by atoms with Crippen molar-refractivity contribution in [2.24, 2.45) is 0 Å². The zero-order chi connectivity index (χ0) is 7.49. The molecule has 0 aliphatic carbocycles. The zero-order valence-electron chi connectivity index (χ0n) is 5.16. The second-order valence-corrected chi connectivity index (χ2v) is 3.75. The molecule has 0 fully saturated rings. The molecule has 0 atom stereocenters. The van der Waals surface area contributed by atoms with Crippen molar-refractivity contribution in [1.29, 1.82) is 0 Å². The normalized spacial score (nSPS) is 13.3. The van der Waals surface area contributed by atoms with Gasteiger partial charge < -0.3 is 0 Å². The number of carbonyl (C=O) groups is 1. The molecule has 0 spiro atoms. The Balaban J connectivity index is 3.60. The molecular formula is C4H11O4P. The van der Waals surface area contributed by atoms with Gasteiger partial charge in [-0.2, -0.15) is 0 Å². The summed E-state index contributed by atoms with van der Waals surface area (Å²) in [5.74, 6) is -0.325. The van der Waals surface area contributed by atoms with E-state index in [1.165, 1.54) is 0 Å². The number of hydrogen-bond donors (Lipinski definition) is 3. The molecule has 0 aliphatic heterocycles. The third kappa shape index (κ3) is 5.86. The van der Waals surface area contributed by atoms with Crippen LogP contribution in [0.1, 0.15) is 13.3 Å². The molecule has 0 rings (SSSR count). The molecule has 0 radical (unpaired) electrons. The van der Waals surface area contributed by atoms with Gasteiger partial charge in [0, 0.05) is 0 Å². The van der Waals surface area contributed by atoms with Crippen molar-refractivity contribution < 1.29 is 19.5 Å². The molecule has 0 aromatic carbocycles. The van der Waals surface area contributed by atoms with Crippen LogP contribution >= 0.6 is 7.94 Å². The van der Waals surface area contributed by atoms with Crippen molar-refractivity contribution >= 4 is 13.7 Å². The topological polar surface area (TPSA) is 77.8 Å². The minimum absolute atomic E-state index is 0.233. The van der Waals surface area contributed by atoms with Crippen LogP contribution in [0.3, 0.4) is 0 Å². The van der Waals surface area contributed by atoms with E-state index in [0.717, 1.165) is 0 Å². The van der Waals surface area contributed by atoms with Gasteiger partial charge in [0.05, 0.1) is 0 Å². The molecule has 3 N–H and O–H groups in total. The van der Waals surface area contributed by atoms with Gasteiger partial charge in [0.1, 0.15) is 0 Å². The van der Waals surface area contributed by atoms with Crippen LogP contribution in [-0.4, -0.2) is 26.6 Å². The van der Waals surface area contributed by atoms with Crippen LogP contribution in [0.5, 0.6) is 0 Å². The van der Waals surface area contributed by atoms with Crippen LogP contribution in [-0.2, 0) is 4.79 Å². The zero-order valence-corrected chi connectivity index (χ0v) is 6.16. The monoisotopic (exact) mass is 154 g/mol. The SMILES string of the molecule is CCC(=O)C[PH](O)(O)O. The van der Waals surface area contributed by atoms with Gasteiger partial charge in [0.15, 0.2) is 0 Å². The minimum atomic E-state index is -4.09. The first kappa shape index (κ1) is 8.98. The van der Waals surface area contributed by atoms with E-state index in [2.05, 4.69) is 0 Å². The molecule has 0 heterocycles. The van der Waals surface area contributed by atoms with E-state index < -0.39 is 14.1 Å². The maximum atomic E-state index is 10.4. The van der Waals surface area contributed by atoms with Crippen molar-refractivity contribution in [3.05, 3.63) is 0 Å². The van der Waals surface area contributed by atoms with E-state index in [9.17, 15) is 4.79 Å². The van der Waals surface area contributed by atoms with Gasteiger partial charge in [-0.3, -0.25) is 0 Å². The summed E-state index contributed by atoms with van der Waals surface area (Å²) in [6.07, 6.45) is -0.250. The van der Waals surface area contributed by atoms with Crippen molar-refractivity contribution in [1.82, 2.24) is 0 Å². The Morgan fingerprint density at radius 3 is 2.00 bits per heavy atom. The number of carbonyl (C=O) groups excluding carboxylic acids is 1. The van der Waals surface area contributed by atoms with Gasteiger partial charge in [-0.15, -0.1) is 0 Å². The fourth-order valence-electron chi connectivity index (χ4n) is 0.390. The standard InChI is InChI=1S/C4H11O4P/c1-2-4(5)3-9(6,7)8/h6-9H,2-3H2,1H3. The molecule has 9 heavy (non-hydrogen) atoms. The quantitative estimate of drug-likeness (QED) is 0.476. The molecule has 4 nitrogen and oxygen atoms in total. The van der Waals surface area contributed by atoms with E-state index in [-0.39, 0.29) is 12.2 Å². The summed E-state index contributed by atoms with van der Waals surface area (Å²) in [6, 6.07) is 0. The predicted molar refractivity (Wildman–Crippen MR) is 35.1 cm³/mol. The van der Waals surface area contributed by atoms with E-state index in [0.29, 0.717) is 0 Å². The molecule has 0 saturated carbocycles. The molecule has 0 aromatic heterocycles. The Hall–Kier alpha value is -0.0200. The van der Waals surface area contributed by atoms with E-state index in [4.69, 9.17) is 14.7 Å². The van der Waals surface area contributed by atoms with E-state index in [1.807, 2.05) is 0 Å². The first-order chi connectivity index (χ1) is 3.95. The van der Waals surface area contributed by atoms with Gasteiger partial charge in [0.2, 0.25) is 0 Å². The summed E-state index contributed by atoms with van der Waals surface area (Å²) in [7, 11) is -4.09. The molecule has 0 aromatic rings. The van der Waals surface area contributed by atoms with Crippen molar-refractivity contribution in [3.63, 3.8) is 0 Å². The van der Waals surface area contributed by atoms with Gasteiger partial charge in [-0.1, -0.05) is 0 Å². The Bertz CT molecular complexity index is 106. The summed E-state index contributed by atoms with van der Waals surface area (Å²) in [5, 5.41) is 0. The molecule has 5 heteroatoms. The maximum absolute atomic E-state index is 10.4. The number of hydrogen-bond acceptors (Lipinski definition) is 4. The van der Waals surface area contributed by atoms with Crippen molar-refractivity contribution in [2.45, 2.75) is 13.3 Å². The first-order valence-corrected chi connectivity index (χ1v) is 4.69. The summed E-state index contributed by atoms with van der Waals surface area (Å²) in [5.41, 5.74) is 0. The average molecular weight is 154 g/mol. The van der Waals surface area contributed by atoms with Crippen LogP contribution in [0.25, 0.3) is 0 Å². The van der Waals surface area contributed by atoms with Gasteiger partial charge in [-0.25, -0.2) is 0 Å². The summed E-state index contributed by atoms with van der Waals surface area (Å²) >= 11 is 0. The van der Waals surface area contributed by atoms with Gasteiger partial charge in [-0.05, 0) is 0 Å². The fraction of sp³-hybridized carbons (Fsp3) is 0.750. The first-order valence-electron chi connectivity index (χ1n) is 2.64. The Kier molecular flexibility index (Phi) is 3.22. The molecule has 0 unspecified atom stereocenters. The van der Waals surface area contributed by atoms with Crippen LogP contribution in [0.4, 0.5) is 0 Å². The van der Waals surface area contributed by atoms with Crippen LogP contribution < -0.4 is 0 Å². The molecule has 0 bridgehead atoms. The summed E-state index contributed by atoms with van der Waals surface area (Å²) < 4.78 is 0. The third-order valence-electron chi connectivity index (χ3n) is 0.829. The number of Topliss-reactive ketones (excluding diaryl/α,β-unsaturated/α-hetero) is 1. The van der Waals surface area contributed by atoms with Crippen molar-refractivity contribution in [3.8, 4) is 0 Å². The van der Waals surface area contributed by atoms with Crippen LogP contribution in [0.2, 0.25) is 0 Å². The predicted octanol–water partition coefficient (Wildman–Crippen LogP) is -0.563. The average Bonchev–Trinajstić information content (AvgIpc) is 1.62. The van der Waals surface area contributed by atoms with Gasteiger partial charge >= 0.3 is 52.7 Å². The van der Waals surface area contributed by atoms with E-state index in [1.54, 1.807) is 6.92 Å². The third-order valence-corrected chi connectivity index (χ3v) is 1.70. The molecule has 0 saturated heterocycles. The van der Waals surface area contributed by atoms with Gasteiger partial charge in [0.25, 0.3) is 0 Å². The Morgan fingerprint density at radius 1 is 1.44 bits per heavy atom. The molecule has 56 valence electrons. The van der Waals surface area contributed by atoms with Crippen molar-refractivity contribution in [2.75, 3.05) is 6.16 Å². The Morgan fingerprint density at radius 2 is 1.89 bits per heavy atom.